The summed E-state index contributed by atoms with van der Waals surface area (Å²) in [4.78, 5) is 0. The molecule has 3 heteroatoms. The maximum absolute atomic E-state index is 5.56. The predicted molar refractivity (Wildman–Crippen MR) is 77.6 cm³/mol. The van der Waals surface area contributed by atoms with E-state index >= 15 is 0 Å². The summed E-state index contributed by atoms with van der Waals surface area (Å²) in [7, 11) is 3.52. The van der Waals surface area contributed by atoms with Crippen LogP contribution in [0.15, 0.2) is 24.3 Å². The quantitative estimate of drug-likeness (QED) is 0.854. The molecular formula is C16H25NO2. The molecule has 0 saturated heterocycles. The smallest absolute Gasteiger partial charge is 0.118 e. The van der Waals surface area contributed by atoms with E-state index in [1.807, 2.05) is 19.2 Å². The van der Waals surface area contributed by atoms with Crippen molar-refractivity contribution in [2.75, 3.05) is 14.2 Å². The molecule has 106 valence electrons. The first-order chi connectivity index (χ1) is 9.28. The highest BCUT2D eigenvalue weighted by Gasteiger charge is 2.28. The first-order valence-electron chi connectivity index (χ1n) is 7.21. The fourth-order valence-electron chi connectivity index (χ4n) is 2.94. The monoisotopic (exact) mass is 263 g/mol. The molecule has 1 aromatic carbocycles. The number of hydrogen-bond donors (Lipinski definition) is 1. The molecule has 0 spiro atoms. The van der Waals surface area contributed by atoms with Gasteiger partial charge < -0.3 is 14.8 Å². The van der Waals surface area contributed by atoms with Crippen molar-refractivity contribution in [2.24, 2.45) is 0 Å². The van der Waals surface area contributed by atoms with E-state index in [1.165, 1.54) is 24.8 Å². The lowest BCUT2D eigenvalue weighted by molar-refractivity contribution is 0.0810. The zero-order valence-corrected chi connectivity index (χ0v) is 12.2. The van der Waals surface area contributed by atoms with Crippen LogP contribution < -0.4 is 10.1 Å². The van der Waals surface area contributed by atoms with Crippen LogP contribution in [0.1, 0.15) is 44.2 Å². The predicted octanol–water partition coefficient (Wildman–Crippen LogP) is 3.30. The van der Waals surface area contributed by atoms with Gasteiger partial charge in [-0.05, 0) is 43.4 Å². The lowest BCUT2D eigenvalue weighted by atomic mass is 10.0. The number of nitrogens with one attached hydrogen (secondary N) is 1. The van der Waals surface area contributed by atoms with Crippen LogP contribution in [0, 0.1) is 0 Å². The fourth-order valence-corrected chi connectivity index (χ4v) is 2.94. The number of rotatable bonds is 6. The van der Waals surface area contributed by atoms with Gasteiger partial charge in [0.15, 0.2) is 0 Å². The minimum atomic E-state index is 0.368. The van der Waals surface area contributed by atoms with Gasteiger partial charge >= 0.3 is 0 Å². The van der Waals surface area contributed by atoms with E-state index in [1.54, 1.807) is 7.11 Å². The van der Waals surface area contributed by atoms with Crippen molar-refractivity contribution in [3.8, 4) is 5.75 Å². The van der Waals surface area contributed by atoms with E-state index in [0.29, 0.717) is 18.2 Å². The Morgan fingerprint density at radius 1 is 1.21 bits per heavy atom. The first kappa shape index (κ1) is 14.4. The summed E-state index contributed by atoms with van der Waals surface area (Å²) in [6.45, 7) is 2.22. The molecule has 3 unspecified atom stereocenters. The molecule has 3 nitrogen and oxygen atoms in total. The molecule has 0 heterocycles. The van der Waals surface area contributed by atoms with Crippen LogP contribution in [-0.4, -0.2) is 26.4 Å². The molecule has 19 heavy (non-hydrogen) atoms. The molecule has 1 N–H and O–H groups in total. The van der Waals surface area contributed by atoms with Gasteiger partial charge in [0.2, 0.25) is 0 Å². The van der Waals surface area contributed by atoms with Crippen LogP contribution >= 0.6 is 0 Å². The van der Waals surface area contributed by atoms with Crippen LogP contribution in [0.4, 0.5) is 0 Å². The van der Waals surface area contributed by atoms with Crippen molar-refractivity contribution < 1.29 is 9.47 Å². The van der Waals surface area contributed by atoms with Gasteiger partial charge in [-0.2, -0.15) is 0 Å². The Hall–Kier alpha value is -1.06. The third-order valence-corrected chi connectivity index (χ3v) is 4.10. The molecule has 0 radical (unpaired) electrons. The summed E-state index contributed by atoms with van der Waals surface area (Å²) in [5.74, 6) is 0.911. The van der Waals surface area contributed by atoms with Gasteiger partial charge in [-0.3, -0.25) is 0 Å². The van der Waals surface area contributed by atoms with Crippen LogP contribution in [0.2, 0.25) is 0 Å². The minimum Gasteiger partial charge on any atom is -0.497 e. The highest BCUT2D eigenvalue weighted by atomic mass is 16.5. The molecule has 1 aliphatic carbocycles. The van der Waals surface area contributed by atoms with Crippen LogP contribution in [0.5, 0.6) is 5.75 Å². The molecular weight excluding hydrogens is 238 g/mol. The Morgan fingerprint density at radius 3 is 2.53 bits per heavy atom. The zero-order chi connectivity index (χ0) is 13.7. The second-order valence-electron chi connectivity index (χ2n) is 5.21. The topological polar surface area (TPSA) is 30.5 Å². The van der Waals surface area contributed by atoms with Crippen molar-refractivity contribution in [3.63, 3.8) is 0 Å². The average molecular weight is 263 g/mol. The van der Waals surface area contributed by atoms with Crippen LogP contribution in [0.3, 0.4) is 0 Å². The number of ether oxygens (including phenoxy) is 2. The highest BCUT2D eigenvalue weighted by Crippen LogP contribution is 2.26. The molecule has 1 fully saturated rings. The molecule has 1 aromatic rings. The lowest BCUT2D eigenvalue weighted by Gasteiger charge is -2.26. The highest BCUT2D eigenvalue weighted by molar-refractivity contribution is 5.29. The zero-order valence-electron chi connectivity index (χ0n) is 12.2. The second kappa shape index (κ2) is 6.92. The van der Waals surface area contributed by atoms with E-state index < -0.39 is 0 Å². The Labute approximate surface area is 116 Å². The minimum absolute atomic E-state index is 0.368. The van der Waals surface area contributed by atoms with Gasteiger partial charge in [-0.1, -0.05) is 19.1 Å². The van der Waals surface area contributed by atoms with Gasteiger partial charge in [-0.25, -0.2) is 0 Å². The van der Waals surface area contributed by atoms with Gasteiger partial charge in [0.25, 0.3) is 0 Å². The Balaban J connectivity index is 2.02. The maximum Gasteiger partial charge on any atom is 0.118 e. The Kier molecular flexibility index (Phi) is 5.23. The summed E-state index contributed by atoms with van der Waals surface area (Å²) in [5, 5.41) is 3.75. The number of hydrogen-bond acceptors (Lipinski definition) is 3. The SMILES string of the molecule is CCC(NC1CCCC1OC)c1ccc(OC)cc1. The van der Waals surface area contributed by atoms with E-state index in [9.17, 15) is 0 Å². The van der Waals surface area contributed by atoms with E-state index in [4.69, 9.17) is 9.47 Å². The normalized spacial score (nSPS) is 24.4. The molecule has 0 aliphatic heterocycles. The fraction of sp³-hybridized carbons (Fsp3) is 0.625. The number of methoxy groups -OCH3 is 2. The van der Waals surface area contributed by atoms with E-state index in [2.05, 4.69) is 24.4 Å². The third kappa shape index (κ3) is 3.48. The third-order valence-electron chi connectivity index (χ3n) is 4.10. The molecule has 1 saturated carbocycles. The molecule has 0 bridgehead atoms. The molecule has 1 aliphatic rings. The summed E-state index contributed by atoms with van der Waals surface area (Å²) < 4.78 is 10.8. The van der Waals surface area contributed by atoms with Crippen molar-refractivity contribution >= 4 is 0 Å². The largest absolute Gasteiger partial charge is 0.497 e. The van der Waals surface area contributed by atoms with Crippen LogP contribution in [0.25, 0.3) is 0 Å². The summed E-state index contributed by atoms with van der Waals surface area (Å²) in [5.41, 5.74) is 1.32. The molecule has 3 atom stereocenters. The van der Waals surface area contributed by atoms with Crippen molar-refractivity contribution in [2.45, 2.75) is 50.8 Å². The summed E-state index contributed by atoms with van der Waals surface area (Å²) in [6, 6.07) is 9.24. The second-order valence-corrected chi connectivity index (χ2v) is 5.21. The van der Waals surface area contributed by atoms with Gasteiger partial charge in [-0.15, -0.1) is 0 Å². The Morgan fingerprint density at radius 2 is 1.95 bits per heavy atom. The first-order valence-corrected chi connectivity index (χ1v) is 7.21. The molecule has 0 aromatic heterocycles. The number of benzene rings is 1. The van der Waals surface area contributed by atoms with Gasteiger partial charge in [0.05, 0.1) is 13.2 Å². The van der Waals surface area contributed by atoms with E-state index in [-0.39, 0.29) is 0 Å². The van der Waals surface area contributed by atoms with E-state index in [0.717, 1.165) is 12.2 Å². The van der Waals surface area contributed by atoms with Crippen molar-refractivity contribution in [1.82, 2.24) is 5.32 Å². The standard InChI is InChI=1S/C16H25NO2/c1-4-14(12-8-10-13(18-2)11-9-12)17-15-6-5-7-16(15)19-3/h8-11,14-17H,4-7H2,1-3H3. The average Bonchev–Trinajstić information content (AvgIpc) is 2.92. The molecule has 2 rings (SSSR count). The Bertz CT molecular complexity index is 377. The maximum atomic E-state index is 5.56. The summed E-state index contributed by atoms with van der Waals surface area (Å²) in [6.07, 6.45) is 5.10. The van der Waals surface area contributed by atoms with Crippen molar-refractivity contribution in [3.05, 3.63) is 29.8 Å². The van der Waals surface area contributed by atoms with Gasteiger partial charge in [0, 0.05) is 19.2 Å². The van der Waals surface area contributed by atoms with Crippen LogP contribution in [-0.2, 0) is 4.74 Å². The van der Waals surface area contributed by atoms with Gasteiger partial charge in [0.1, 0.15) is 5.75 Å². The van der Waals surface area contributed by atoms with Crippen molar-refractivity contribution in [1.29, 1.82) is 0 Å². The molecule has 0 amide bonds. The lowest BCUT2D eigenvalue weighted by Crippen LogP contribution is -2.39. The summed E-state index contributed by atoms with van der Waals surface area (Å²) >= 11 is 0.